The number of amides is 1. The maximum absolute atomic E-state index is 13.2. The average Bonchev–Trinajstić information content (AvgIpc) is 3.63. The predicted octanol–water partition coefficient (Wildman–Crippen LogP) is 7.49. The van der Waals surface area contributed by atoms with Crippen LogP contribution in [0.25, 0.3) is 38.2 Å². The van der Waals surface area contributed by atoms with Crippen LogP contribution in [0.1, 0.15) is 16.1 Å². The lowest BCUT2D eigenvalue weighted by molar-refractivity contribution is 0.101. The van der Waals surface area contributed by atoms with E-state index in [0.717, 1.165) is 49.1 Å². The summed E-state index contributed by atoms with van der Waals surface area (Å²) in [4.78, 5) is 19.8. The molecule has 0 aliphatic rings. The number of thiophene rings is 1. The zero-order valence-electron chi connectivity index (χ0n) is 25.1. The maximum Gasteiger partial charge on any atom is 0.272 e. The van der Waals surface area contributed by atoms with Crippen LogP contribution in [0.2, 0.25) is 0 Å². The molecule has 0 spiro atoms. The van der Waals surface area contributed by atoms with Gasteiger partial charge in [-0.15, -0.1) is 11.3 Å². The molecule has 6 rings (SSSR count). The molecular formula is C35H34N6O2S. The van der Waals surface area contributed by atoms with Gasteiger partial charge in [0.2, 0.25) is 0 Å². The SMILES string of the molecule is COc1cc(-c2csc3c(C=CCNc4ccc(N(C)C)cc4)cnc(N)c23)ccc1NC(=O)c1cc2ccccc2n1C. The molecule has 0 saturated heterocycles. The fourth-order valence-electron chi connectivity index (χ4n) is 5.31. The molecule has 1 amide bonds. The Morgan fingerprint density at radius 3 is 2.64 bits per heavy atom. The number of aryl methyl sites for hydroxylation is 1. The van der Waals surface area contributed by atoms with Gasteiger partial charge in [0.15, 0.2) is 0 Å². The number of fused-ring (bicyclic) bond motifs is 2. The number of nitrogens with zero attached hydrogens (tertiary/aromatic N) is 3. The van der Waals surface area contributed by atoms with E-state index in [9.17, 15) is 4.79 Å². The van der Waals surface area contributed by atoms with Gasteiger partial charge >= 0.3 is 0 Å². The zero-order valence-corrected chi connectivity index (χ0v) is 25.9. The van der Waals surface area contributed by atoms with Crippen molar-refractivity contribution in [3.63, 3.8) is 0 Å². The van der Waals surface area contributed by atoms with Crippen molar-refractivity contribution in [2.24, 2.45) is 7.05 Å². The molecule has 0 radical (unpaired) electrons. The van der Waals surface area contributed by atoms with Crippen molar-refractivity contribution in [2.45, 2.75) is 0 Å². The second-order valence-electron chi connectivity index (χ2n) is 10.7. The normalized spacial score (nSPS) is 11.4. The van der Waals surface area contributed by atoms with E-state index >= 15 is 0 Å². The van der Waals surface area contributed by atoms with Crippen LogP contribution in [-0.4, -0.2) is 43.2 Å². The number of para-hydroxylation sites is 1. The molecule has 44 heavy (non-hydrogen) atoms. The number of ether oxygens (including phenoxy) is 1. The molecule has 0 aliphatic heterocycles. The molecule has 9 heteroatoms. The second kappa shape index (κ2) is 12.1. The quantitative estimate of drug-likeness (QED) is 0.159. The first-order valence-electron chi connectivity index (χ1n) is 14.2. The molecule has 8 nitrogen and oxygen atoms in total. The summed E-state index contributed by atoms with van der Waals surface area (Å²) < 4.78 is 8.66. The van der Waals surface area contributed by atoms with Crippen LogP contribution < -0.4 is 26.0 Å². The number of carbonyl (C=O) groups excluding carboxylic acids is 1. The van der Waals surface area contributed by atoms with Crippen LogP contribution in [0.4, 0.5) is 22.9 Å². The van der Waals surface area contributed by atoms with Crippen LogP contribution in [-0.2, 0) is 7.05 Å². The lowest BCUT2D eigenvalue weighted by Crippen LogP contribution is -2.16. The molecular weight excluding hydrogens is 568 g/mol. The van der Waals surface area contributed by atoms with Gasteiger partial charge in [0.1, 0.15) is 17.3 Å². The number of nitrogens with two attached hydrogens (primary N) is 1. The number of nitrogen functional groups attached to an aromatic ring is 1. The van der Waals surface area contributed by atoms with Crippen molar-refractivity contribution < 1.29 is 9.53 Å². The van der Waals surface area contributed by atoms with Crippen LogP contribution in [0.5, 0.6) is 5.75 Å². The number of anilines is 4. The van der Waals surface area contributed by atoms with Crippen molar-refractivity contribution in [2.75, 3.05) is 49.0 Å². The Balaban J connectivity index is 1.22. The highest BCUT2D eigenvalue weighted by atomic mass is 32.1. The van der Waals surface area contributed by atoms with E-state index in [-0.39, 0.29) is 5.91 Å². The Labute approximate surface area is 260 Å². The topological polar surface area (TPSA) is 97.4 Å². The number of hydrogen-bond acceptors (Lipinski definition) is 7. The Hall–Kier alpha value is -5.28. The molecule has 0 saturated carbocycles. The number of carbonyl (C=O) groups is 1. The largest absolute Gasteiger partial charge is 0.495 e. The van der Waals surface area contributed by atoms with E-state index in [2.05, 4.69) is 62.3 Å². The molecule has 3 aromatic heterocycles. The van der Waals surface area contributed by atoms with E-state index in [4.69, 9.17) is 10.5 Å². The molecule has 6 aromatic rings. The molecule has 0 bridgehead atoms. The summed E-state index contributed by atoms with van der Waals surface area (Å²) in [5, 5.41) is 10.5. The number of hydrogen-bond donors (Lipinski definition) is 3. The lowest BCUT2D eigenvalue weighted by atomic mass is 10.0. The molecule has 0 unspecified atom stereocenters. The van der Waals surface area contributed by atoms with Crippen LogP contribution in [0, 0.1) is 0 Å². The van der Waals surface area contributed by atoms with Crippen molar-refractivity contribution >= 4 is 67.2 Å². The van der Waals surface area contributed by atoms with E-state index in [1.54, 1.807) is 18.4 Å². The van der Waals surface area contributed by atoms with Crippen molar-refractivity contribution in [1.29, 1.82) is 0 Å². The molecule has 3 heterocycles. The first-order valence-corrected chi connectivity index (χ1v) is 15.1. The summed E-state index contributed by atoms with van der Waals surface area (Å²) in [6, 6.07) is 23.9. The van der Waals surface area contributed by atoms with Crippen LogP contribution in [0.3, 0.4) is 0 Å². The van der Waals surface area contributed by atoms with Gasteiger partial charge in [-0.05, 0) is 59.5 Å². The minimum Gasteiger partial charge on any atom is -0.495 e. The average molecular weight is 603 g/mol. The highest BCUT2D eigenvalue weighted by Crippen LogP contribution is 2.41. The Morgan fingerprint density at radius 2 is 1.89 bits per heavy atom. The lowest BCUT2D eigenvalue weighted by Gasteiger charge is -2.13. The standard InChI is InChI=1S/C35H34N6O2S/c1-40(2)26-14-12-25(13-15-26)37-17-7-9-24-20-38-34(36)32-27(21-44-33(24)32)22-11-16-28(31(19-22)43-4)39-35(42)30-18-23-8-5-6-10-29(23)41(30)3/h5-16,18-21,37H,17H2,1-4H3,(H2,36,38)(H,39,42). The number of benzene rings is 3. The Bertz CT molecular complexity index is 2010. The molecule has 0 aliphatic carbocycles. The van der Waals surface area contributed by atoms with Gasteiger partial charge < -0.3 is 30.6 Å². The van der Waals surface area contributed by atoms with Crippen LogP contribution in [0.15, 0.2) is 90.4 Å². The van der Waals surface area contributed by atoms with Crippen molar-refractivity contribution in [1.82, 2.24) is 9.55 Å². The highest BCUT2D eigenvalue weighted by Gasteiger charge is 2.18. The summed E-state index contributed by atoms with van der Waals surface area (Å²) in [6.07, 6.45) is 5.97. The van der Waals surface area contributed by atoms with Gasteiger partial charge in [-0.25, -0.2) is 4.98 Å². The summed E-state index contributed by atoms with van der Waals surface area (Å²) in [6.45, 7) is 0.675. The monoisotopic (exact) mass is 602 g/mol. The van der Waals surface area contributed by atoms with E-state index in [1.807, 2.05) is 80.4 Å². The number of methoxy groups -OCH3 is 1. The van der Waals surface area contributed by atoms with E-state index in [0.29, 0.717) is 29.5 Å². The Kier molecular flexibility index (Phi) is 7.95. The van der Waals surface area contributed by atoms with E-state index in [1.165, 1.54) is 0 Å². The third-order valence-corrected chi connectivity index (χ3v) is 8.73. The summed E-state index contributed by atoms with van der Waals surface area (Å²) >= 11 is 1.63. The Morgan fingerprint density at radius 1 is 1.09 bits per heavy atom. The molecule has 0 fully saturated rings. The van der Waals surface area contributed by atoms with Gasteiger partial charge in [-0.2, -0.15) is 0 Å². The van der Waals surface area contributed by atoms with Crippen molar-refractivity contribution in [3.8, 4) is 16.9 Å². The zero-order chi connectivity index (χ0) is 30.8. The number of aromatic nitrogens is 2. The van der Waals surface area contributed by atoms with Gasteiger partial charge in [-0.3, -0.25) is 4.79 Å². The molecule has 4 N–H and O–H groups in total. The first-order chi connectivity index (χ1) is 21.3. The summed E-state index contributed by atoms with van der Waals surface area (Å²) in [7, 11) is 7.55. The van der Waals surface area contributed by atoms with Gasteiger partial charge in [-0.1, -0.05) is 36.4 Å². The highest BCUT2D eigenvalue weighted by molar-refractivity contribution is 7.18. The van der Waals surface area contributed by atoms with Crippen molar-refractivity contribution in [3.05, 3.63) is 102 Å². The molecule has 222 valence electrons. The third-order valence-electron chi connectivity index (χ3n) is 7.70. The minimum absolute atomic E-state index is 0.208. The van der Waals surface area contributed by atoms with Gasteiger partial charge in [0.25, 0.3) is 5.91 Å². The third kappa shape index (κ3) is 5.57. The fourth-order valence-corrected chi connectivity index (χ4v) is 6.39. The van der Waals surface area contributed by atoms with Gasteiger partial charge in [0.05, 0.1) is 12.8 Å². The van der Waals surface area contributed by atoms with Gasteiger partial charge in [0, 0.05) is 77.4 Å². The molecule has 0 atom stereocenters. The maximum atomic E-state index is 13.2. The fraction of sp³-hybridized carbons (Fsp3) is 0.143. The predicted molar refractivity (Wildman–Crippen MR) is 185 cm³/mol. The number of nitrogens with one attached hydrogen (secondary N) is 2. The second-order valence-corrected chi connectivity index (χ2v) is 11.6. The smallest absolute Gasteiger partial charge is 0.272 e. The van der Waals surface area contributed by atoms with Crippen LogP contribution >= 0.6 is 11.3 Å². The number of pyridine rings is 1. The number of rotatable bonds is 9. The summed E-state index contributed by atoms with van der Waals surface area (Å²) in [5.74, 6) is 0.821. The first kappa shape index (κ1) is 28.8. The molecule has 3 aromatic carbocycles. The summed E-state index contributed by atoms with van der Waals surface area (Å²) in [5.41, 5.74) is 13.7. The minimum atomic E-state index is -0.208. The van der Waals surface area contributed by atoms with E-state index < -0.39 is 0 Å².